The Hall–Kier alpha value is 1.02. The summed E-state index contributed by atoms with van der Waals surface area (Å²) in [5.74, 6) is 0. The zero-order valence-electron chi connectivity index (χ0n) is 6.92. The minimum atomic E-state index is -1.65. The summed E-state index contributed by atoms with van der Waals surface area (Å²) >= 11 is 1.69. The van der Waals surface area contributed by atoms with Gasteiger partial charge in [-0.3, -0.25) is 0 Å². The summed E-state index contributed by atoms with van der Waals surface area (Å²) in [5, 5.41) is 43.4. The Kier molecular flexibility index (Phi) is 34.5. The van der Waals surface area contributed by atoms with Crippen LogP contribution < -0.4 is 0 Å². The van der Waals surface area contributed by atoms with E-state index in [-0.39, 0.29) is 0 Å². The Labute approximate surface area is 96.6 Å². The molecule has 0 saturated carbocycles. The van der Waals surface area contributed by atoms with E-state index >= 15 is 0 Å². The summed E-state index contributed by atoms with van der Waals surface area (Å²) in [6, 6.07) is 0. The number of hydrogen-bond acceptors (Lipinski definition) is 11. The molecule has 0 aliphatic heterocycles. The van der Waals surface area contributed by atoms with Gasteiger partial charge in [-0.25, -0.2) is 15.8 Å². The quantitative estimate of drug-likeness (QED) is 0.176. The van der Waals surface area contributed by atoms with Crippen LogP contribution >= 0.6 is 18.5 Å². The second kappa shape index (κ2) is 24.3. The molecule has 0 aromatic carbocycles. The first-order valence-corrected chi connectivity index (χ1v) is 4.27. The lowest BCUT2D eigenvalue weighted by Gasteiger charge is -1.87. The summed E-state index contributed by atoms with van der Waals surface area (Å²) in [7, 11) is -0.652. The van der Waals surface area contributed by atoms with Crippen LogP contribution in [0.2, 0.25) is 0 Å². The van der Waals surface area contributed by atoms with Gasteiger partial charge < -0.3 is 13.8 Å². The smallest absolute Gasteiger partial charge is 0.531 e. The van der Waals surface area contributed by atoms with Gasteiger partial charge in [0.1, 0.15) is 0 Å². The molecular weight excluding hydrogens is 276 g/mol. The highest BCUT2D eigenvalue weighted by atomic mass is 31.1. The maximum Gasteiger partial charge on any atom is 0.602 e. The normalized spacial score (nSPS) is 8.13. The Bertz CT molecular complexity index is 73.0. The van der Waals surface area contributed by atoms with Crippen molar-refractivity contribution in [2.45, 2.75) is 0 Å². The van der Waals surface area contributed by atoms with Crippen molar-refractivity contribution >= 4 is 42.4 Å². The van der Waals surface area contributed by atoms with E-state index in [0.717, 1.165) is 0 Å². The molecule has 2 radical (unpaired) electrons. The van der Waals surface area contributed by atoms with Crippen LogP contribution in [0.3, 0.4) is 0 Å². The third-order valence-electron chi connectivity index (χ3n) is 0.266. The molecule has 0 aliphatic rings. The lowest BCUT2D eigenvalue weighted by atomic mass is 10.3. The van der Waals surface area contributed by atoms with E-state index < -0.39 is 16.4 Å². The third-order valence-corrected chi connectivity index (χ3v) is 0.737. The molecule has 1 unspecified atom stereocenters. The monoisotopic (exact) mass is 284 g/mol. The molecule has 11 nitrogen and oxygen atoms in total. The zero-order chi connectivity index (χ0) is 12.5. The molecule has 90 valence electrons. The van der Waals surface area contributed by atoms with Crippen LogP contribution in [0.15, 0.2) is 0 Å². The van der Waals surface area contributed by atoms with Gasteiger partial charge in [-0.05, 0) is 10.1 Å². The molecule has 0 aliphatic carbocycles. The topological polar surface area (TPSA) is 157 Å². The van der Waals surface area contributed by atoms with Gasteiger partial charge in [0.25, 0.3) is 0 Å². The van der Waals surface area contributed by atoms with Gasteiger partial charge in [-0.1, -0.05) is 0 Å². The first-order chi connectivity index (χ1) is 7.10. The van der Waals surface area contributed by atoms with E-state index in [2.05, 4.69) is 27.8 Å². The van der Waals surface area contributed by atoms with E-state index in [9.17, 15) is 0 Å². The van der Waals surface area contributed by atoms with Crippen molar-refractivity contribution in [1.29, 1.82) is 0 Å². The lowest BCUT2D eigenvalue weighted by molar-refractivity contribution is -0.592. The van der Waals surface area contributed by atoms with Crippen LogP contribution in [0.25, 0.3) is 0 Å². The highest BCUT2D eigenvalue weighted by Gasteiger charge is 1.97. The molecule has 0 aromatic heterocycles. The maximum atomic E-state index is 7.67. The van der Waals surface area contributed by atoms with Gasteiger partial charge in [-0.2, -0.15) is 14.0 Å². The summed E-state index contributed by atoms with van der Waals surface area (Å²) in [5.41, 5.74) is 0. The fourth-order valence-electron chi connectivity index (χ4n) is 0.0342. The van der Waals surface area contributed by atoms with Crippen molar-refractivity contribution in [3.8, 4) is 0 Å². The Morgan fingerprint density at radius 1 is 1.13 bits per heavy atom. The van der Waals surface area contributed by atoms with E-state index in [1.54, 1.807) is 26.1 Å². The molecule has 15 heteroatoms. The highest BCUT2D eigenvalue weighted by Crippen LogP contribution is 2.05. The molecule has 1 atom stereocenters. The third kappa shape index (κ3) is 51.7. The van der Waals surface area contributed by atoms with Crippen LogP contribution in [-0.2, 0) is 27.8 Å². The average Bonchev–Trinajstić information content (AvgIpc) is 2.22. The fourth-order valence-corrected chi connectivity index (χ4v) is 0.103. The first kappa shape index (κ1) is 21.3. The largest absolute Gasteiger partial charge is 0.602 e. The molecule has 0 rings (SSSR count). The molecular formula is H8AlBO11P2. The van der Waals surface area contributed by atoms with E-state index in [4.69, 9.17) is 25.8 Å². The Balaban J connectivity index is -0.000000144. The maximum absolute atomic E-state index is 7.67. The predicted octanol–water partition coefficient (Wildman–Crippen LogP) is -1.34. The number of rotatable bonds is 5. The molecule has 0 fully saturated rings. The average molecular weight is 284 g/mol. The SMILES string of the molecule is OB(O)[O][Al].OOOOP.OOPOO. The summed E-state index contributed by atoms with van der Waals surface area (Å²) < 4.78 is 13.9. The van der Waals surface area contributed by atoms with Crippen molar-refractivity contribution in [2.75, 3.05) is 0 Å². The summed E-state index contributed by atoms with van der Waals surface area (Å²) in [6.07, 6.45) is 0. The van der Waals surface area contributed by atoms with Crippen LogP contribution in [-0.4, -0.2) is 49.8 Å². The van der Waals surface area contributed by atoms with Gasteiger partial charge in [-0.15, -0.1) is 0 Å². The van der Waals surface area contributed by atoms with Crippen molar-refractivity contribution in [1.82, 2.24) is 0 Å². The second-order valence-electron chi connectivity index (χ2n) is 0.967. The predicted molar refractivity (Wildman–Crippen MR) is 48.4 cm³/mol. The van der Waals surface area contributed by atoms with Crippen LogP contribution in [0.1, 0.15) is 0 Å². The molecule has 0 aromatic rings. The molecule has 0 heterocycles. The Morgan fingerprint density at radius 3 is 1.53 bits per heavy atom. The first-order valence-electron chi connectivity index (χ1n) is 2.51. The molecule has 0 bridgehead atoms. The molecule has 15 heavy (non-hydrogen) atoms. The molecule has 5 N–H and O–H groups in total. The molecule has 0 saturated heterocycles. The fraction of sp³-hybridized carbons (Fsp3) is 0. The lowest BCUT2D eigenvalue weighted by Crippen LogP contribution is -2.13. The molecule has 0 amide bonds. The standard InChI is InChI=1S/Al.BH2O3.2H3O4P/c;2-1(3)4;1-3-5-4-2;1-2-3-4-5/h;2-3H;1-2,5H;1H,5H2/q+1;-1;;. The van der Waals surface area contributed by atoms with Gasteiger partial charge in [0, 0.05) is 9.47 Å². The minimum Gasteiger partial charge on any atom is -0.531 e. The number of hydrogen-bond donors (Lipinski definition) is 5. The van der Waals surface area contributed by atoms with Gasteiger partial charge in [0.05, 0.1) is 0 Å². The van der Waals surface area contributed by atoms with Gasteiger partial charge >= 0.3 is 23.9 Å². The zero-order valence-corrected chi connectivity index (χ0v) is 10.2. The van der Waals surface area contributed by atoms with Crippen LogP contribution in [0, 0.1) is 0 Å². The van der Waals surface area contributed by atoms with Gasteiger partial charge in [0.2, 0.25) is 9.03 Å². The van der Waals surface area contributed by atoms with E-state index in [0.29, 0.717) is 0 Å². The van der Waals surface area contributed by atoms with Crippen molar-refractivity contribution in [2.24, 2.45) is 0 Å². The Morgan fingerprint density at radius 2 is 1.53 bits per heavy atom. The van der Waals surface area contributed by atoms with E-state index in [1.807, 2.05) is 0 Å². The van der Waals surface area contributed by atoms with Crippen LogP contribution in [0.4, 0.5) is 0 Å². The summed E-state index contributed by atoms with van der Waals surface area (Å²) in [4.78, 5) is 0. The minimum absolute atomic E-state index is 0.691. The van der Waals surface area contributed by atoms with Crippen molar-refractivity contribution in [3.05, 3.63) is 0 Å². The second-order valence-corrected chi connectivity index (χ2v) is 1.96. The van der Waals surface area contributed by atoms with Crippen molar-refractivity contribution < 1.29 is 53.6 Å². The molecule has 0 spiro atoms. The summed E-state index contributed by atoms with van der Waals surface area (Å²) in [6.45, 7) is 0. The van der Waals surface area contributed by atoms with Gasteiger partial charge in [0.15, 0.2) is 0 Å². The van der Waals surface area contributed by atoms with Crippen LogP contribution in [0.5, 0.6) is 0 Å². The van der Waals surface area contributed by atoms with E-state index in [1.165, 1.54) is 0 Å². The van der Waals surface area contributed by atoms with Crippen molar-refractivity contribution in [3.63, 3.8) is 0 Å². The highest BCUT2D eigenvalue weighted by molar-refractivity contribution is 7.25.